The number of hydrogen-bond acceptors (Lipinski definition) is 3. The maximum absolute atomic E-state index is 12.8. The zero-order valence-corrected chi connectivity index (χ0v) is 16.4. The van der Waals surface area contributed by atoms with Gasteiger partial charge < -0.3 is 9.80 Å². The number of carbonyl (C=O) groups excluding carboxylic acids is 1. The summed E-state index contributed by atoms with van der Waals surface area (Å²) in [5.74, 6) is 0.669. The molecule has 2 aromatic rings. The smallest absolute Gasteiger partial charge is 0.272 e. The van der Waals surface area contributed by atoms with Crippen LogP contribution in [0.5, 0.6) is 0 Å². The molecule has 1 amide bonds. The van der Waals surface area contributed by atoms with Gasteiger partial charge in [0.05, 0.1) is 0 Å². The van der Waals surface area contributed by atoms with Crippen LogP contribution in [0.4, 0.5) is 0 Å². The van der Waals surface area contributed by atoms with Crippen LogP contribution in [0.15, 0.2) is 48.5 Å². The maximum Gasteiger partial charge on any atom is 0.272 e. The molecular formula is C23H29N3O. The third kappa shape index (κ3) is 3.91. The van der Waals surface area contributed by atoms with E-state index < -0.39 is 0 Å². The van der Waals surface area contributed by atoms with Crippen LogP contribution in [0.25, 0.3) is 0 Å². The van der Waals surface area contributed by atoms with Gasteiger partial charge in [0.1, 0.15) is 5.69 Å². The lowest BCUT2D eigenvalue weighted by atomic mass is 9.68. The molecule has 2 fully saturated rings. The van der Waals surface area contributed by atoms with E-state index in [0.29, 0.717) is 17.0 Å². The average molecular weight is 364 g/mol. The van der Waals surface area contributed by atoms with Crippen LogP contribution in [-0.4, -0.2) is 53.9 Å². The molecule has 2 saturated heterocycles. The number of likely N-dealkylation sites (N-methyl/N-ethyl adjacent to an activating group) is 1. The predicted octanol–water partition coefficient (Wildman–Crippen LogP) is 3.73. The average Bonchev–Trinajstić information content (AvgIpc) is 2.68. The molecule has 1 aromatic heterocycles. The highest BCUT2D eigenvalue weighted by atomic mass is 16.2. The molecule has 0 saturated carbocycles. The summed E-state index contributed by atoms with van der Waals surface area (Å²) in [6.45, 7) is 5.87. The Labute approximate surface area is 162 Å². The first-order valence-electron chi connectivity index (χ1n) is 10.0. The van der Waals surface area contributed by atoms with Crippen molar-refractivity contribution in [2.24, 2.45) is 5.41 Å². The lowest BCUT2D eigenvalue weighted by molar-refractivity contribution is 0.0222. The molecule has 2 aliphatic heterocycles. The predicted molar refractivity (Wildman–Crippen MR) is 108 cm³/mol. The Balaban J connectivity index is 1.45. The standard InChI is InChI=1S/C23H29N3O/c1-18-7-6-10-21(24-18)22(27)26-13-11-23(12-14-26)15-20(16-25(2)17-23)19-8-4-3-5-9-19/h3-10,20H,11-17H2,1-2H3. The highest BCUT2D eigenvalue weighted by Crippen LogP contribution is 2.44. The van der Waals surface area contributed by atoms with Crippen molar-refractivity contribution in [3.63, 3.8) is 0 Å². The molecular weight excluding hydrogens is 334 g/mol. The molecule has 0 radical (unpaired) electrons. The molecule has 0 aliphatic carbocycles. The second-order valence-electron chi connectivity index (χ2n) is 8.46. The van der Waals surface area contributed by atoms with Crippen molar-refractivity contribution in [1.29, 1.82) is 0 Å². The number of likely N-dealkylation sites (tertiary alicyclic amines) is 2. The summed E-state index contributed by atoms with van der Waals surface area (Å²) in [5.41, 5.74) is 3.25. The van der Waals surface area contributed by atoms with Crippen LogP contribution in [0, 0.1) is 12.3 Å². The lowest BCUT2D eigenvalue weighted by Crippen LogP contribution is -2.51. The van der Waals surface area contributed by atoms with Gasteiger partial charge in [0, 0.05) is 31.9 Å². The second-order valence-corrected chi connectivity index (χ2v) is 8.46. The van der Waals surface area contributed by atoms with Gasteiger partial charge in [-0.3, -0.25) is 4.79 Å². The fourth-order valence-electron chi connectivity index (χ4n) is 4.98. The van der Waals surface area contributed by atoms with Crippen molar-refractivity contribution in [1.82, 2.24) is 14.8 Å². The number of piperidine rings is 2. The molecule has 3 heterocycles. The summed E-state index contributed by atoms with van der Waals surface area (Å²) in [4.78, 5) is 21.7. The molecule has 0 N–H and O–H groups in total. The fourth-order valence-corrected chi connectivity index (χ4v) is 4.98. The third-order valence-electron chi connectivity index (χ3n) is 6.31. The topological polar surface area (TPSA) is 36.4 Å². The normalized spacial score (nSPS) is 22.7. The van der Waals surface area contributed by atoms with E-state index in [0.717, 1.165) is 44.7 Å². The van der Waals surface area contributed by atoms with Gasteiger partial charge in [0.25, 0.3) is 5.91 Å². The Morgan fingerprint density at radius 2 is 1.81 bits per heavy atom. The summed E-state index contributed by atoms with van der Waals surface area (Å²) in [5, 5.41) is 0. The zero-order chi connectivity index (χ0) is 18.9. The molecule has 1 unspecified atom stereocenters. The van der Waals surface area contributed by atoms with E-state index in [2.05, 4.69) is 47.3 Å². The molecule has 27 heavy (non-hydrogen) atoms. The molecule has 1 aromatic carbocycles. The van der Waals surface area contributed by atoms with Gasteiger partial charge in [-0.25, -0.2) is 4.98 Å². The van der Waals surface area contributed by atoms with Crippen molar-refractivity contribution in [3.05, 3.63) is 65.5 Å². The second kappa shape index (κ2) is 7.43. The van der Waals surface area contributed by atoms with Gasteiger partial charge in [-0.05, 0) is 62.3 Å². The highest BCUT2D eigenvalue weighted by Gasteiger charge is 2.42. The molecule has 4 heteroatoms. The lowest BCUT2D eigenvalue weighted by Gasteiger charge is -2.49. The summed E-state index contributed by atoms with van der Waals surface area (Å²) >= 11 is 0. The monoisotopic (exact) mass is 363 g/mol. The molecule has 2 aliphatic rings. The van der Waals surface area contributed by atoms with Crippen molar-refractivity contribution in [2.45, 2.75) is 32.1 Å². The molecule has 1 spiro atoms. The van der Waals surface area contributed by atoms with E-state index in [1.165, 1.54) is 12.0 Å². The van der Waals surface area contributed by atoms with E-state index in [9.17, 15) is 4.79 Å². The summed E-state index contributed by atoms with van der Waals surface area (Å²) in [6.07, 6.45) is 3.39. The molecule has 1 atom stereocenters. The van der Waals surface area contributed by atoms with Gasteiger partial charge in [-0.2, -0.15) is 0 Å². The first-order valence-corrected chi connectivity index (χ1v) is 10.0. The summed E-state index contributed by atoms with van der Waals surface area (Å²) in [7, 11) is 2.24. The van der Waals surface area contributed by atoms with Gasteiger partial charge in [-0.15, -0.1) is 0 Å². The number of benzene rings is 1. The van der Waals surface area contributed by atoms with E-state index >= 15 is 0 Å². The maximum atomic E-state index is 12.8. The SMILES string of the molecule is Cc1cccc(C(=O)N2CCC3(CC2)CC(c2ccccc2)CN(C)C3)n1. The minimum Gasteiger partial charge on any atom is -0.337 e. The van der Waals surface area contributed by atoms with Crippen molar-refractivity contribution in [2.75, 3.05) is 33.2 Å². The van der Waals surface area contributed by atoms with Gasteiger partial charge in [0.2, 0.25) is 0 Å². The Hall–Kier alpha value is -2.20. The largest absolute Gasteiger partial charge is 0.337 e. The van der Waals surface area contributed by atoms with E-state index in [1.807, 2.05) is 30.0 Å². The number of amides is 1. The molecule has 4 nitrogen and oxygen atoms in total. The summed E-state index contributed by atoms with van der Waals surface area (Å²) in [6, 6.07) is 16.6. The Morgan fingerprint density at radius 1 is 1.07 bits per heavy atom. The molecule has 0 bridgehead atoms. The summed E-state index contributed by atoms with van der Waals surface area (Å²) < 4.78 is 0. The minimum atomic E-state index is 0.0809. The van der Waals surface area contributed by atoms with Crippen LogP contribution >= 0.6 is 0 Å². The number of aryl methyl sites for hydroxylation is 1. The first-order chi connectivity index (χ1) is 13.0. The first kappa shape index (κ1) is 18.2. The number of hydrogen-bond donors (Lipinski definition) is 0. The van der Waals surface area contributed by atoms with Crippen LogP contribution in [0.2, 0.25) is 0 Å². The quantitative estimate of drug-likeness (QED) is 0.816. The number of carbonyl (C=O) groups is 1. The van der Waals surface area contributed by atoms with Gasteiger partial charge >= 0.3 is 0 Å². The zero-order valence-electron chi connectivity index (χ0n) is 16.4. The highest BCUT2D eigenvalue weighted by molar-refractivity contribution is 5.92. The van der Waals surface area contributed by atoms with Crippen LogP contribution in [0.1, 0.15) is 46.9 Å². The van der Waals surface area contributed by atoms with Crippen LogP contribution < -0.4 is 0 Å². The number of pyridine rings is 1. The van der Waals surface area contributed by atoms with Crippen LogP contribution in [-0.2, 0) is 0 Å². The van der Waals surface area contributed by atoms with Gasteiger partial charge in [-0.1, -0.05) is 36.4 Å². The number of rotatable bonds is 2. The van der Waals surface area contributed by atoms with Crippen LogP contribution in [0.3, 0.4) is 0 Å². The number of nitrogens with zero attached hydrogens (tertiary/aromatic N) is 3. The fraction of sp³-hybridized carbons (Fsp3) is 0.478. The van der Waals surface area contributed by atoms with Crippen molar-refractivity contribution < 1.29 is 4.79 Å². The Bertz CT molecular complexity index is 796. The molecule has 142 valence electrons. The number of aromatic nitrogens is 1. The minimum absolute atomic E-state index is 0.0809. The molecule has 4 rings (SSSR count). The van der Waals surface area contributed by atoms with E-state index in [1.54, 1.807) is 0 Å². The van der Waals surface area contributed by atoms with Crippen molar-refractivity contribution >= 4 is 5.91 Å². The van der Waals surface area contributed by atoms with Crippen molar-refractivity contribution in [3.8, 4) is 0 Å². The Kier molecular flexibility index (Phi) is 5.00. The third-order valence-corrected chi connectivity index (χ3v) is 6.31. The Morgan fingerprint density at radius 3 is 2.52 bits per heavy atom. The van der Waals surface area contributed by atoms with Gasteiger partial charge in [0.15, 0.2) is 0 Å². The van der Waals surface area contributed by atoms with E-state index in [-0.39, 0.29) is 5.91 Å². The van der Waals surface area contributed by atoms with E-state index in [4.69, 9.17) is 0 Å².